The summed E-state index contributed by atoms with van der Waals surface area (Å²) in [6, 6.07) is 9.32. The van der Waals surface area contributed by atoms with E-state index in [2.05, 4.69) is 47.7 Å². The van der Waals surface area contributed by atoms with Crippen LogP contribution in [0, 0.1) is 19.7 Å². The fourth-order valence-corrected chi connectivity index (χ4v) is 3.10. The molecule has 7 heteroatoms. The number of rotatable bonds is 5. The summed E-state index contributed by atoms with van der Waals surface area (Å²) >= 11 is 0. The number of nitrogens with zero attached hydrogens (tertiary/aromatic N) is 1. The van der Waals surface area contributed by atoms with Crippen LogP contribution in [0.5, 0.6) is 5.75 Å². The lowest BCUT2D eigenvalue weighted by atomic mass is 10.1. The maximum Gasteiger partial charge on any atom is 0.191 e. The lowest BCUT2D eigenvalue weighted by Crippen LogP contribution is -2.37. The van der Waals surface area contributed by atoms with Crippen molar-refractivity contribution >= 4 is 29.9 Å². The topological polar surface area (TPSA) is 54.9 Å². The van der Waals surface area contributed by atoms with Gasteiger partial charge in [-0.15, -0.1) is 24.0 Å². The van der Waals surface area contributed by atoms with Gasteiger partial charge in [0.05, 0.1) is 13.2 Å². The van der Waals surface area contributed by atoms with E-state index in [9.17, 15) is 4.39 Å². The molecule has 1 aliphatic rings. The van der Waals surface area contributed by atoms with Gasteiger partial charge < -0.3 is 20.1 Å². The first kappa shape index (κ1) is 22.4. The molecule has 0 amide bonds. The van der Waals surface area contributed by atoms with Crippen LogP contribution < -0.4 is 15.4 Å². The zero-order valence-corrected chi connectivity index (χ0v) is 18.8. The number of aryl methyl sites for hydroxylation is 2. The molecule has 0 saturated heterocycles. The number of hydrogen-bond donors (Lipinski definition) is 2. The predicted molar refractivity (Wildman–Crippen MR) is 120 cm³/mol. The van der Waals surface area contributed by atoms with Gasteiger partial charge >= 0.3 is 0 Å². The van der Waals surface area contributed by atoms with E-state index < -0.39 is 0 Å². The molecular weight excluding hydrogens is 472 g/mol. The Morgan fingerprint density at radius 1 is 1.14 bits per heavy atom. The molecule has 28 heavy (non-hydrogen) atoms. The van der Waals surface area contributed by atoms with Crippen LogP contribution in [-0.4, -0.2) is 19.3 Å². The molecule has 3 rings (SSSR count). The van der Waals surface area contributed by atoms with Gasteiger partial charge in [0.25, 0.3) is 0 Å². The van der Waals surface area contributed by atoms with Crippen molar-refractivity contribution in [3.63, 3.8) is 0 Å². The third-order valence-corrected chi connectivity index (χ3v) is 4.45. The molecule has 0 atom stereocenters. The molecule has 5 nitrogen and oxygen atoms in total. The van der Waals surface area contributed by atoms with Crippen LogP contribution in [0.4, 0.5) is 4.39 Å². The number of hydrogen-bond acceptors (Lipinski definition) is 3. The van der Waals surface area contributed by atoms with Crippen molar-refractivity contribution in [1.29, 1.82) is 0 Å². The largest absolute Gasteiger partial charge is 0.467 e. The van der Waals surface area contributed by atoms with Crippen LogP contribution in [0.3, 0.4) is 0 Å². The van der Waals surface area contributed by atoms with Crippen molar-refractivity contribution < 1.29 is 13.9 Å². The first-order valence-corrected chi connectivity index (χ1v) is 9.17. The first-order valence-electron chi connectivity index (χ1n) is 9.17. The van der Waals surface area contributed by atoms with Gasteiger partial charge in [-0.2, -0.15) is 0 Å². The van der Waals surface area contributed by atoms with Gasteiger partial charge in [0.2, 0.25) is 0 Å². The molecule has 0 radical (unpaired) electrons. The zero-order valence-electron chi connectivity index (χ0n) is 16.5. The van der Waals surface area contributed by atoms with Crippen molar-refractivity contribution in [3.8, 4) is 5.75 Å². The molecule has 152 valence electrons. The smallest absolute Gasteiger partial charge is 0.191 e. The number of ether oxygens (including phenoxy) is 2. The average Bonchev–Trinajstić information content (AvgIpc) is 2.64. The van der Waals surface area contributed by atoms with E-state index in [1.54, 1.807) is 0 Å². The Balaban J connectivity index is 0.00000280. The number of fused-ring (bicyclic) bond motifs is 1. The zero-order chi connectivity index (χ0) is 19.2. The molecule has 0 spiro atoms. The third kappa shape index (κ3) is 5.81. The molecule has 0 fully saturated rings. The average molecular weight is 499 g/mol. The van der Waals surface area contributed by atoms with Gasteiger partial charge in [-0.05, 0) is 44.0 Å². The molecule has 0 aliphatic carbocycles. The summed E-state index contributed by atoms with van der Waals surface area (Å²) in [4.78, 5) is 4.60. The molecule has 0 unspecified atom stereocenters. The van der Waals surface area contributed by atoms with E-state index in [1.807, 2.05) is 6.92 Å². The Morgan fingerprint density at radius 2 is 1.96 bits per heavy atom. The Bertz CT molecular complexity index is 843. The molecule has 2 N–H and O–H groups in total. The Hall–Kier alpha value is -1.87. The van der Waals surface area contributed by atoms with Gasteiger partial charge in [-0.25, -0.2) is 9.38 Å². The monoisotopic (exact) mass is 499 g/mol. The van der Waals surface area contributed by atoms with Crippen molar-refractivity contribution in [1.82, 2.24) is 10.6 Å². The summed E-state index contributed by atoms with van der Waals surface area (Å²) in [6.45, 7) is 8.47. The highest BCUT2D eigenvalue weighted by molar-refractivity contribution is 14.0. The van der Waals surface area contributed by atoms with Crippen LogP contribution in [0.2, 0.25) is 0 Å². The number of nitrogens with one attached hydrogen (secondary N) is 2. The molecular formula is C21H27FIN3O2. The second-order valence-electron chi connectivity index (χ2n) is 6.64. The van der Waals surface area contributed by atoms with Crippen molar-refractivity contribution in [3.05, 3.63) is 64.0 Å². The molecule has 0 aromatic heterocycles. The third-order valence-electron chi connectivity index (χ3n) is 4.45. The predicted octanol–water partition coefficient (Wildman–Crippen LogP) is 4.18. The number of halogens is 2. The molecule has 2 aromatic rings. The summed E-state index contributed by atoms with van der Waals surface area (Å²) in [5, 5.41) is 6.57. The van der Waals surface area contributed by atoms with E-state index in [0.29, 0.717) is 31.4 Å². The van der Waals surface area contributed by atoms with Crippen LogP contribution >= 0.6 is 24.0 Å². The summed E-state index contributed by atoms with van der Waals surface area (Å²) in [5.41, 5.74) is 5.15. The van der Waals surface area contributed by atoms with Gasteiger partial charge in [-0.3, -0.25) is 0 Å². The molecule has 0 saturated carbocycles. The Kier molecular flexibility index (Phi) is 8.50. The minimum absolute atomic E-state index is 0. The Morgan fingerprint density at radius 3 is 2.71 bits per heavy atom. The van der Waals surface area contributed by atoms with Crippen molar-refractivity contribution in [2.45, 2.75) is 40.5 Å². The minimum atomic E-state index is -0.304. The normalized spacial score (nSPS) is 13.2. The summed E-state index contributed by atoms with van der Waals surface area (Å²) in [5.74, 6) is 1.06. The van der Waals surface area contributed by atoms with Gasteiger partial charge in [0, 0.05) is 24.2 Å². The molecule has 1 aliphatic heterocycles. The lowest BCUT2D eigenvalue weighted by molar-refractivity contribution is -0.0172. The maximum absolute atomic E-state index is 13.9. The van der Waals surface area contributed by atoms with E-state index in [0.717, 1.165) is 17.7 Å². The summed E-state index contributed by atoms with van der Waals surface area (Å²) in [6.07, 6.45) is 0. The SMILES string of the molecule is CCNC(=NCc1cc(F)cc2c1OCOC2)NCc1ccc(C)cc1C.I. The van der Waals surface area contributed by atoms with Gasteiger partial charge in [-0.1, -0.05) is 23.8 Å². The van der Waals surface area contributed by atoms with Crippen LogP contribution in [0.1, 0.15) is 34.7 Å². The molecule has 2 aromatic carbocycles. The fraction of sp³-hybridized carbons (Fsp3) is 0.381. The summed E-state index contributed by atoms with van der Waals surface area (Å²) < 4.78 is 24.7. The number of benzene rings is 2. The van der Waals surface area contributed by atoms with E-state index in [4.69, 9.17) is 9.47 Å². The standard InChI is InChI=1S/C21H26FN3O2.HI/c1-4-23-21(24-10-16-6-5-14(2)7-15(16)3)25-11-17-8-19(22)9-18-12-26-13-27-20(17)18;/h5-9H,4,10-13H2,1-3H3,(H2,23,24,25);1H. The first-order chi connectivity index (χ1) is 13.1. The highest BCUT2D eigenvalue weighted by atomic mass is 127. The van der Waals surface area contributed by atoms with Crippen molar-refractivity contribution in [2.75, 3.05) is 13.3 Å². The molecule has 1 heterocycles. The molecule has 0 bridgehead atoms. The second kappa shape index (κ2) is 10.6. The van der Waals surface area contributed by atoms with Crippen LogP contribution in [0.25, 0.3) is 0 Å². The van der Waals surface area contributed by atoms with Gasteiger partial charge in [0.1, 0.15) is 11.6 Å². The maximum atomic E-state index is 13.9. The Labute approximate surface area is 182 Å². The lowest BCUT2D eigenvalue weighted by Gasteiger charge is -2.20. The van der Waals surface area contributed by atoms with E-state index in [1.165, 1.54) is 28.8 Å². The highest BCUT2D eigenvalue weighted by Crippen LogP contribution is 2.29. The van der Waals surface area contributed by atoms with Crippen LogP contribution in [-0.2, 0) is 24.4 Å². The number of guanidine groups is 1. The van der Waals surface area contributed by atoms with Crippen LogP contribution in [0.15, 0.2) is 35.3 Å². The van der Waals surface area contributed by atoms with Crippen molar-refractivity contribution in [2.24, 2.45) is 4.99 Å². The van der Waals surface area contributed by atoms with E-state index >= 15 is 0 Å². The van der Waals surface area contributed by atoms with Gasteiger partial charge in [0.15, 0.2) is 12.8 Å². The second-order valence-corrected chi connectivity index (χ2v) is 6.64. The highest BCUT2D eigenvalue weighted by Gasteiger charge is 2.16. The van der Waals surface area contributed by atoms with E-state index in [-0.39, 0.29) is 36.6 Å². The minimum Gasteiger partial charge on any atom is -0.467 e. The summed E-state index contributed by atoms with van der Waals surface area (Å²) in [7, 11) is 0. The number of aliphatic imine (C=N–C) groups is 1. The quantitative estimate of drug-likeness (QED) is 0.368. The fourth-order valence-electron chi connectivity index (χ4n) is 3.10.